The maximum Gasteiger partial charge on any atom is 0.0944 e. The standard InChI is InChI=1S/C14H15N3/c1-9-12(8-15)11-6-5-10-4-3-7-16-13(10)14(11)17(9)2/h3-7H,8,15H2,1-2H3. The van der Waals surface area contributed by atoms with Gasteiger partial charge in [-0.1, -0.05) is 18.2 Å². The Morgan fingerprint density at radius 2 is 2.12 bits per heavy atom. The fourth-order valence-electron chi connectivity index (χ4n) is 2.54. The average molecular weight is 225 g/mol. The molecule has 17 heavy (non-hydrogen) atoms. The van der Waals surface area contributed by atoms with Crippen molar-refractivity contribution in [3.8, 4) is 0 Å². The largest absolute Gasteiger partial charge is 0.346 e. The molecule has 0 fully saturated rings. The van der Waals surface area contributed by atoms with Crippen LogP contribution in [0.25, 0.3) is 21.8 Å². The summed E-state index contributed by atoms with van der Waals surface area (Å²) in [5.74, 6) is 0. The first kappa shape index (κ1) is 10.3. The summed E-state index contributed by atoms with van der Waals surface area (Å²) in [6.45, 7) is 2.68. The van der Waals surface area contributed by atoms with Crippen molar-refractivity contribution in [2.45, 2.75) is 13.5 Å². The molecule has 86 valence electrons. The zero-order valence-electron chi connectivity index (χ0n) is 10.1. The van der Waals surface area contributed by atoms with E-state index in [9.17, 15) is 0 Å². The summed E-state index contributed by atoms with van der Waals surface area (Å²) in [6, 6.07) is 8.32. The summed E-state index contributed by atoms with van der Waals surface area (Å²) in [5, 5.41) is 2.39. The molecule has 0 aliphatic rings. The molecule has 2 N–H and O–H groups in total. The van der Waals surface area contributed by atoms with Crippen molar-refractivity contribution in [1.29, 1.82) is 0 Å². The van der Waals surface area contributed by atoms with Gasteiger partial charge in [0.15, 0.2) is 0 Å². The maximum atomic E-state index is 5.84. The van der Waals surface area contributed by atoms with Gasteiger partial charge in [-0.3, -0.25) is 4.98 Å². The number of fused-ring (bicyclic) bond motifs is 3. The first-order chi connectivity index (χ1) is 8.24. The van der Waals surface area contributed by atoms with Crippen LogP contribution < -0.4 is 5.73 Å². The summed E-state index contributed by atoms with van der Waals surface area (Å²) in [6.07, 6.45) is 1.84. The molecule has 0 aliphatic carbocycles. The highest BCUT2D eigenvalue weighted by Crippen LogP contribution is 2.29. The van der Waals surface area contributed by atoms with Crippen LogP contribution in [0.4, 0.5) is 0 Å². The Kier molecular flexibility index (Phi) is 2.16. The predicted octanol–water partition coefficient (Wildman–Crippen LogP) is 2.49. The third-order valence-electron chi connectivity index (χ3n) is 3.55. The van der Waals surface area contributed by atoms with E-state index in [0.29, 0.717) is 6.54 Å². The molecule has 0 saturated heterocycles. The van der Waals surface area contributed by atoms with Gasteiger partial charge in [-0.05, 0) is 18.6 Å². The molecule has 1 aromatic carbocycles. The molecule has 3 nitrogen and oxygen atoms in total. The first-order valence-electron chi connectivity index (χ1n) is 5.75. The Bertz CT molecular complexity index is 710. The van der Waals surface area contributed by atoms with Crippen LogP contribution >= 0.6 is 0 Å². The second-order valence-electron chi connectivity index (χ2n) is 4.36. The lowest BCUT2D eigenvalue weighted by Crippen LogP contribution is -1.98. The van der Waals surface area contributed by atoms with Crippen molar-refractivity contribution in [1.82, 2.24) is 9.55 Å². The van der Waals surface area contributed by atoms with Gasteiger partial charge in [0.05, 0.1) is 11.0 Å². The van der Waals surface area contributed by atoms with Gasteiger partial charge >= 0.3 is 0 Å². The van der Waals surface area contributed by atoms with E-state index in [1.807, 2.05) is 12.3 Å². The Morgan fingerprint density at radius 3 is 2.88 bits per heavy atom. The molecule has 0 radical (unpaired) electrons. The SMILES string of the molecule is Cc1c(CN)c2ccc3cccnc3c2n1C. The van der Waals surface area contributed by atoms with Crippen molar-refractivity contribution in [2.75, 3.05) is 0 Å². The van der Waals surface area contributed by atoms with Crippen LogP contribution in [0, 0.1) is 6.92 Å². The number of rotatable bonds is 1. The zero-order chi connectivity index (χ0) is 12.0. The van der Waals surface area contributed by atoms with Crippen LogP contribution in [0.15, 0.2) is 30.5 Å². The van der Waals surface area contributed by atoms with Crippen LogP contribution in [-0.4, -0.2) is 9.55 Å². The molecular weight excluding hydrogens is 210 g/mol. The maximum absolute atomic E-state index is 5.84. The number of aryl methyl sites for hydroxylation is 1. The molecule has 3 rings (SSSR count). The Morgan fingerprint density at radius 1 is 1.29 bits per heavy atom. The molecule has 2 heterocycles. The molecule has 0 saturated carbocycles. The molecule has 2 aromatic heterocycles. The zero-order valence-corrected chi connectivity index (χ0v) is 10.1. The normalized spacial score (nSPS) is 11.5. The summed E-state index contributed by atoms with van der Waals surface area (Å²) < 4.78 is 2.19. The summed E-state index contributed by atoms with van der Waals surface area (Å²) >= 11 is 0. The highest BCUT2D eigenvalue weighted by Gasteiger charge is 2.13. The van der Waals surface area contributed by atoms with Crippen molar-refractivity contribution >= 4 is 21.8 Å². The van der Waals surface area contributed by atoms with E-state index in [2.05, 4.69) is 41.7 Å². The van der Waals surface area contributed by atoms with Crippen molar-refractivity contribution in [2.24, 2.45) is 12.8 Å². The molecule has 0 atom stereocenters. The number of benzene rings is 1. The Labute approximate surface area is 99.9 Å². The lowest BCUT2D eigenvalue weighted by molar-refractivity contribution is 0.895. The van der Waals surface area contributed by atoms with Crippen LogP contribution in [0.1, 0.15) is 11.3 Å². The highest BCUT2D eigenvalue weighted by atomic mass is 15.0. The second kappa shape index (κ2) is 3.57. The molecule has 0 unspecified atom stereocenters. The Balaban J connectivity index is 2.59. The lowest BCUT2D eigenvalue weighted by atomic mass is 10.1. The molecule has 0 amide bonds. The average Bonchev–Trinajstić information content (AvgIpc) is 2.62. The Hall–Kier alpha value is -1.87. The fraction of sp³-hybridized carbons (Fsp3) is 0.214. The van der Waals surface area contributed by atoms with Crippen LogP contribution in [0.2, 0.25) is 0 Å². The van der Waals surface area contributed by atoms with E-state index >= 15 is 0 Å². The summed E-state index contributed by atoms with van der Waals surface area (Å²) in [5.41, 5.74) is 10.5. The smallest absolute Gasteiger partial charge is 0.0944 e. The number of hydrogen-bond acceptors (Lipinski definition) is 2. The monoisotopic (exact) mass is 225 g/mol. The van der Waals surface area contributed by atoms with E-state index in [-0.39, 0.29) is 0 Å². The molecule has 3 heteroatoms. The van der Waals surface area contributed by atoms with Crippen LogP contribution in [0.3, 0.4) is 0 Å². The van der Waals surface area contributed by atoms with Gasteiger partial charge in [0.25, 0.3) is 0 Å². The number of hydrogen-bond donors (Lipinski definition) is 1. The molecule has 0 aliphatic heterocycles. The molecule has 0 bridgehead atoms. The molecule has 0 spiro atoms. The minimum Gasteiger partial charge on any atom is -0.346 e. The second-order valence-corrected chi connectivity index (χ2v) is 4.36. The highest BCUT2D eigenvalue weighted by molar-refractivity contribution is 6.05. The summed E-state index contributed by atoms with van der Waals surface area (Å²) in [4.78, 5) is 4.50. The molecular formula is C14H15N3. The van der Waals surface area contributed by atoms with Gasteiger partial charge in [0.2, 0.25) is 0 Å². The van der Waals surface area contributed by atoms with Crippen LogP contribution in [-0.2, 0) is 13.6 Å². The van der Waals surface area contributed by atoms with Gasteiger partial charge in [-0.2, -0.15) is 0 Å². The topological polar surface area (TPSA) is 43.8 Å². The van der Waals surface area contributed by atoms with Crippen molar-refractivity contribution < 1.29 is 0 Å². The molecule has 3 aromatic rings. The van der Waals surface area contributed by atoms with Crippen molar-refractivity contribution in [3.05, 3.63) is 41.7 Å². The number of pyridine rings is 1. The van der Waals surface area contributed by atoms with Gasteiger partial charge in [0, 0.05) is 36.3 Å². The minimum atomic E-state index is 0.571. The first-order valence-corrected chi connectivity index (χ1v) is 5.75. The van der Waals surface area contributed by atoms with Gasteiger partial charge in [-0.15, -0.1) is 0 Å². The lowest BCUT2D eigenvalue weighted by Gasteiger charge is -2.02. The van der Waals surface area contributed by atoms with Gasteiger partial charge in [-0.25, -0.2) is 0 Å². The van der Waals surface area contributed by atoms with Crippen molar-refractivity contribution in [3.63, 3.8) is 0 Å². The fourth-order valence-corrected chi connectivity index (χ4v) is 2.54. The van der Waals surface area contributed by atoms with E-state index in [4.69, 9.17) is 5.73 Å². The number of nitrogens with two attached hydrogens (primary N) is 1. The number of nitrogens with zero attached hydrogens (tertiary/aromatic N) is 2. The predicted molar refractivity (Wildman–Crippen MR) is 70.8 cm³/mol. The van der Waals surface area contributed by atoms with Gasteiger partial charge in [0.1, 0.15) is 0 Å². The van der Waals surface area contributed by atoms with Gasteiger partial charge < -0.3 is 10.3 Å². The van der Waals surface area contributed by atoms with E-state index in [1.54, 1.807) is 0 Å². The summed E-state index contributed by atoms with van der Waals surface area (Å²) in [7, 11) is 2.07. The third kappa shape index (κ3) is 1.29. The minimum absolute atomic E-state index is 0.571. The van der Waals surface area contributed by atoms with Crippen LogP contribution in [0.5, 0.6) is 0 Å². The van der Waals surface area contributed by atoms with E-state index < -0.39 is 0 Å². The third-order valence-corrected chi connectivity index (χ3v) is 3.55. The van der Waals surface area contributed by atoms with E-state index in [0.717, 1.165) is 5.52 Å². The van der Waals surface area contributed by atoms with E-state index in [1.165, 1.54) is 27.5 Å². The number of aromatic nitrogens is 2. The quantitative estimate of drug-likeness (QED) is 0.691.